The van der Waals surface area contributed by atoms with E-state index in [0.29, 0.717) is 29.6 Å². The molecule has 1 aliphatic rings. The molecule has 1 aromatic carbocycles. The van der Waals surface area contributed by atoms with Gasteiger partial charge in [-0.15, -0.1) is 0 Å². The molecule has 0 N–H and O–H groups in total. The second-order valence-electron chi connectivity index (χ2n) is 6.83. The van der Waals surface area contributed by atoms with E-state index in [2.05, 4.69) is 20.8 Å². The van der Waals surface area contributed by atoms with Crippen LogP contribution in [0.1, 0.15) is 51.5 Å². The molecule has 0 aliphatic heterocycles. The number of aldehydes is 1. The second kappa shape index (κ2) is 7.57. The van der Waals surface area contributed by atoms with Crippen molar-refractivity contribution >= 4 is 12.3 Å². The molecule has 0 bridgehead atoms. The Hall–Kier alpha value is -1.64. The molecule has 0 spiro atoms. The maximum absolute atomic E-state index is 12.5. The molecule has 3 nitrogen and oxygen atoms in total. The largest absolute Gasteiger partial charge is 0.461 e. The molecule has 22 heavy (non-hydrogen) atoms. The molecule has 0 aromatic heterocycles. The first kappa shape index (κ1) is 16.7. The van der Waals surface area contributed by atoms with Gasteiger partial charge >= 0.3 is 5.97 Å². The number of carbonyl (C=O) groups excluding carboxylic acids is 2. The molecule has 1 fully saturated rings. The Kier molecular flexibility index (Phi) is 5.76. The molecular weight excluding hydrogens is 276 g/mol. The third-order valence-corrected chi connectivity index (χ3v) is 4.78. The maximum atomic E-state index is 12.5. The smallest absolute Gasteiger partial charge is 0.320 e. The maximum Gasteiger partial charge on any atom is 0.320 e. The van der Waals surface area contributed by atoms with Gasteiger partial charge in [-0.3, -0.25) is 4.79 Å². The topological polar surface area (TPSA) is 43.4 Å². The lowest BCUT2D eigenvalue weighted by atomic mass is 9.75. The minimum Gasteiger partial charge on any atom is -0.461 e. The lowest BCUT2D eigenvalue weighted by Gasteiger charge is -2.37. The van der Waals surface area contributed by atoms with E-state index in [1.807, 2.05) is 18.2 Å². The van der Waals surface area contributed by atoms with Gasteiger partial charge in [0.1, 0.15) is 18.3 Å². The summed E-state index contributed by atoms with van der Waals surface area (Å²) in [6.45, 7) is 6.55. The van der Waals surface area contributed by atoms with E-state index in [1.165, 1.54) is 6.42 Å². The van der Waals surface area contributed by atoms with E-state index in [1.54, 1.807) is 12.1 Å². The molecule has 3 heteroatoms. The summed E-state index contributed by atoms with van der Waals surface area (Å²) >= 11 is 0. The summed E-state index contributed by atoms with van der Waals surface area (Å²) in [5.74, 6) is 0.219. The van der Waals surface area contributed by atoms with Crippen LogP contribution in [-0.2, 0) is 14.3 Å². The van der Waals surface area contributed by atoms with Crippen LogP contribution in [0.4, 0.5) is 0 Å². The van der Waals surface area contributed by atoms with Crippen LogP contribution >= 0.6 is 0 Å². The van der Waals surface area contributed by atoms with Gasteiger partial charge in [0.15, 0.2) is 0 Å². The summed E-state index contributed by atoms with van der Waals surface area (Å²) < 4.78 is 5.77. The van der Waals surface area contributed by atoms with Crippen LogP contribution in [0.2, 0.25) is 0 Å². The number of benzene rings is 1. The molecule has 0 amide bonds. The van der Waals surface area contributed by atoms with Crippen molar-refractivity contribution in [1.82, 2.24) is 0 Å². The number of rotatable bonds is 5. The second-order valence-corrected chi connectivity index (χ2v) is 6.83. The van der Waals surface area contributed by atoms with Gasteiger partial charge in [0.05, 0.1) is 0 Å². The van der Waals surface area contributed by atoms with Gasteiger partial charge in [0, 0.05) is 0 Å². The Bertz CT molecular complexity index is 495. The zero-order valence-electron chi connectivity index (χ0n) is 13.7. The Morgan fingerprint density at radius 1 is 1.23 bits per heavy atom. The molecule has 0 heterocycles. The Balaban J connectivity index is 2.09. The molecule has 1 aliphatic carbocycles. The Labute approximate surface area is 133 Å². The van der Waals surface area contributed by atoms with Gasteiger partial charge in [-0.05, 0) is 36.2 Å². The van der Waals surface area contributed by atoms with Gasteiger partial charge < -0.3 is 9.53 Å². The van der Waals surface area contributed by atoms with Crippen molar-refractivity contribution in [1.29, 1.82) is 0 Å². The highest BCUT2D eigenvalue weighted by molar-refractivity contribution is 5.94. The summed E-state index contributed by atoms with van der Waals surface area (Å²) in [6, 6.07) is 9.12. The SMILES string of the molecule is CC1CCC(C(C)C)C(OC(=O)C(C=O)c2ccccc2)C1. The van der Waals surface area contributed by atoms with Crippen LogP contribution in [0.3, 0.4) is 0 Å². The highest BCUT2D eigenvalue weighted by atomic mass is 16.5. The molecule has 0 saturated heterocycles. The van der Waals surface area contributed by atoms with Crippen molar-refractivity contribution in [2.24, 2.45) is 17.8 Å². The van der Waals surface area contributed by atoms with E-state index < -0.39 is 11.9 Å². The lowest BCUT2D eigenvalue weighted by molar-refractivity contribution is -0.158. The van der Waals surface area contributed by atoms with E-state index in [9.17, 15) is 9.59 Å². The molecule has 120 valence electrons. The van der Waals surface area contributed by atoms with Gasteiger partial charge in [-0.1, -0.05) is 57.5 Å². The van der Waals surface area contributed by atoms with E-state index in [0.717, 1.165) is 12.8 Å². The van der Waals surface area contributed by atoms with E-state index in [4.69, 9.17) is 4.74 Å². The highest BCUT2D eigenvalue weighted by Gasteiger charge is 2.35. The molecule has 0 radical (unpaired) electrons. The van der Waals surface area contributed by atoms with Crippen LogP contribution in [0.5, 0.6) is 0 Å². The monoisotopic (exact) mass is 302 g/mol. The predicted octanol–water partition coefficient (Wildman–Crippen LogP) is 3.97. The first-order valence-corrected chi connectivity index (χ1v) is 8.23. The van der Waals surface area contributed by atoms with Crippen molar-refractivity contribution < 1.29 is 14.3 Å². The Morgan fingerprint density at radius 3 is 2.50 bits per heavy atom. The number of esters is 1. The lowest BCUT2D eigenvalue weighted by Crippen LogP contribution is -2.37. The molecule has 4 unspecified atom stereocenters. The number of ether oxygens (including phenoxy) is 1. The first-order valence-electron chi connectivity index (χ1n) is 8.23. The fraction of sp³-hybridized carbons (Fsp3) is 0.579. The van der Waals surface area contributed by atoms with Crippen molar-refractivity contribution in [2.45, 2.75) is 52.1 Å². The fourth-order valence-electron chi connectivity index (χ4n) is 3.40. The highest BCUT2D eigenvalue weighted by Crippen LogP contribution is 2.36. The average Bonchev–Trinajstić information content (AvgIpc) is 2.48. The minimum absolute atomic E-state index is 0.0672. The first-order chi connectivity index (χ1) is 10.5. The summed E-state index contributed by atoms with van der Waals surface area (Å²) in [4.78, 5) is 23.8. The molecule has 2 rings (SSSR count). The van der Waals surface area contributed by atoms with Gasteiger partial charge in [0.25, 0.3) is 0 Å². The molecule has 1 saturated carbocycles. The zero-order valence-corrected chi connectivity index (χ0v) is 13.7. The third-order valence-electron chi connectivity index (χ3n) is 4.78. The number of carbonyl (C=O) groups is 2. The summed E-state index contributed by atoms with van der Waals surface area (Å²) in [5, 5.41) is 0. The zero-order chi connectivity index (χ0) is 16.1. The van der Waals surface area contributed by atoms with Crippen LogP contribution < -0.4 is 0 Å². The molecule has 1 aromatic rings. The van der Waals surface area contributed by atoms with Crippen LogP contribution in [0.25, 0.3) is 0 Å². The molecule has 4 atom stereocenters. The van der Waals surface area contributed by atoms with Crippen LogP contribution in [-0.4, -0.2) is 18.4 Å². The summed E-state index contributed by atoms with van der Waals surface area (Å²) in [7, 11) is 0. The standard InChI is InChI=1S/C19H26O3/c1-13(2)16-10-9-14(3)11-18(16)22-19(21)17(12-20)15-7-5-4-6-8-15/h4-8,12-14,16-18H,9-11H2,1-3H3. The van der Waals surface area contributed by atoms with Crippen molar-refractivity contribution in [3.8, 4) is 0 Å². The van der Waals surface area contributed by atoms with Crippen molar-refractivity contribution in [3.05, 3.63) is 35.9 Å². The number of hydrogen-bond donors (Lipinski definition) is 0. The van der Waals surface area contributed by atoms with Gasteiger partial charge in [0.2, 0.25) is 0 Å². The normalized spacial score (nSPS) is 26.5. The summed E-state index contributed by atoms with van der Waals surface area (Å²) in [5.41, 5.74) is 0.701. The fourth-order valence-corrected chi connectivity index (χ4v) is 3.40. The van der Waals surface area contributed by atoms with Crippen LogP contribution in [0, 0.1) is 17.8 Å². The number of hydrogen-bond acceptors (Lipinski definition) is 3. The predicted molar refractivity (Wildman–Crippen MR) is 86.5 cm³/mol. The van der Waals surface area contributed by atoms with Crippen molar-refractivity contribution in [2.75, 3.05) is 0 Å². The van der Waals surface area contributed by atoms with E-state index >= 15 is 0 Å². The van der Waals surface area contributed by atoms with E-state index in [-0.39, 0.29) is 6.10 Å². The van der Waals surface area contributed by atoms with Crippen molar-refractivity contribution in [3.63, 3.8) is 0 Å². The molecular formula is C19H26O3. The summed E-state index contributed by atoms with van der Waals surface area (Å²) in [6.07, 6.45) is 3.80. The van der Waals surface area contributed by atoms with Crippen LogP contribution in [0.15, 0.2) is 30.3 Å². The minimum atomic E-state index is -0.814. The average molecular weight is 302 g/mol. The van der Waals surface area contributed by atoms with Gasteiger partial charge in [-0.2, -0.15) is 0 Å². The quantitative estimate of drug-likeness (QED) is 0.469. The van der Waals surface area contributed by atoms with Gasteiger partial charge in [-0.25, -0.2) is 0 Å². The Morgan fingerprint density at radius 2 is 1.91 bits per heavy atom. The third kappa shape index (κ3) is 3.96.